The molecule has 0 unspecified atom stereocenters. The van der Waals surface area contributed by atoms with E-state index in [4.69, 9.17) is 15.9 Å². The Balaban J connectivity index is 2.59. The van der Waals surface area contributed by atoms with Crippen molar-refractivity contribution in [1.29, 1.82) is 0 Å². The molecule has 0 aliphatic rings. The molecule has 0 fully saturated rings. The Morgan fingerprint density at radius 1 is 1.30 bits per heavy atom. The van der Waals surface area contributed by atoms with E-state index in [-0.39, 0.29) is 19.6 Å². The van der Waals surface area contributed by atoms with Crippen LogP contribution < -0.4 is 21.7 Å². The normalized spacial score (nSPS) is 11.3. The maximum atomic E-state index is 12.1. The van der Waals surface area contributed by atoms with Crippen LogP contribution in [0.2, 0.25) is 0 Å². The van der Waals surface area contributed by atoms with Gasteiger partial charge in [-0.3, -0.25) is 9.78 Å². The lowest BCUT2D eigenvalue weighted by molar-refractivity contribution is -0.118. The molecule has 4 amide bonds. The van der Waals surface area contributed by atoms with E-state index in [1.807, 2.05) is 0 Å². The van der Waals surface area contributed by atoms with Crippen LogP contribution in [-0.2, 0) is 11.4 Å². The van der Waals surface area contributed by atoms with Crippen LogP contribution in [0.5, 0.6) is 0 Å². The van der Waals surface area contributed by atoms with Gasteiger partial charge in [0.05, 0.1) is 24.2 Å². The van der Waals surface area contributed by atoms with Gasteiger partial charge in [-0.15, -0.1) is 0 Å². The van der Waals surface area contributed by atoms with Gasteiger partial charge in [-0.05, 0) is 25.0 Å². The first kappa shape index (κ1) is 18.2. The lowest BCUT2D eigenvalue weighted by Gasteiger charge is -2.16. The van der Waals surface area contributed by atoms with E-state index in [0.717, 1.165) is 0 Å². The molecule has 0 spiro atoms. The number of hydrogen-bond acceptors (Lipinski definition) is 5. The van der Waals surface area contributed by atoms with E-state index in [1.54, 1.807) is 6.07 Å². The van der Waals surface area contributed by atoms with Crippen LogP contribution >= 0.6 is 0 Å². The van der Waals surface area contributed by atoms with Gasteiger partial charge in [0.15, 0.2) is 0 Å². The van der Waals surface area contributed by atoms with Gasteiger partial charge in [0, 0.05) is 6.54 Å². The molecular formula is C13H19N5O5. The number of aliphatic hydroxyl groups excluding tert-OH is 1. The Bertz CT molecular complexity index is 548. The third-order valence-electron chi connectivity index (χ3n) is 2.84. The first-order valence-electron chi connectivity index (χ1n) is 6.81. The van der Waals surface area contributed by atoms with Crippen LogP contribution in [-0.4, -0.2) is 45.8 Å². The summed E-state index contributed by atoms with van der Waals surface area (Å²) in [4.78, 5) is 37.3. The topological polar surface area (TPSA) is 167 Å². The summed E-state index contributed by atoms with van der Waals surface area (Å²) in [6, 6.07) is 1.40. The number of hydrogen-bond donors (Lipinski definition) is 6. The van der Waals surface area contributed by atoms with Crippen molar-refractivity contribution in [2.45, 2.75) is 25.5 Å². The molecule has 10 nitrogen and oxygen atoms in total. The lowest BCUT2D eigenvalue weighted by Crippen LogP contribution is -2.43. The number of aromatic nitrogens is 1. The Morgan fingerprint density at radius 2 is 2.04 bits per heavy atom. The fraction of sp³-hybridized carbons (Fsp3) is 0.385. The van der Waals surface area contributed by atoms with E-state index in [2.05, 4.69) is 20.9 Å². The number of pyridine rings is 1. The van der Waals surface area contributed by atoms with Crippen molar-refractivity contribution in [2.24, 2.45) is 5.73 Å². The number of amides is 4. The maximum Gasteiger partial charge on any atom is 0.405 e. The van der Waals surface area contributed by atoms with Crippen LogP contribution in [0.25, 0.3) is 0 Å². The molecule has 0 aromatic carbocycles. The summed E-state index contributed by atoms with van der Waals surface area (Å²) >= 11 is 0. The van der Waals surface area contributed by atoms with Crippen LogP contribution in [0.15, 0.2) is 18.3 Å². The van der Waals surface area contributed by atoms with Crippen molar-refractivity contribution in [3.8, 4) is 0 Å². The molecule has 1 heterocycles. The number of nitrogens with one attached hydrogen (secondary N) is 3. The molecule has 1 atom stereocenters. The molecule has 23 heavy (non-hydrogen) atoms. The predicted octanol–water partition coefficient (Wildman–Crippen LogP) is -0.403. The highest BCUT2D eigenvalue weighted by atomic mass is 16.4. The zero-order chi connectivity index (χ0) is 17.2. The number of carboxylic acid groups (broad SMARTS) is 1. The summed E-state index contributed by atoms with van der Waals surface area (Å²) < 4.78 is 0. The number of aliphatic hydroxyl groups is 1. The highest BCUT2D eigenvalue weighted by Gasteiger charge is 2.20. The largest absolute Gasteiger partial charge is 0.465 e. The third kappa shape index (κ3) is 7.09. The Morgan fingerprint density at radius 3 is 2.57 bits per heavy atom. The Hall–Kier alpha value is -2.88. The standard InChI is InChI=1S/C13H19N5O5/c14-12(21)15-5-1-2-10(18-13(22)23)11(20)17-8-3-4-9(7-19)16-6-8/h3-4,6,10,18-19H,1-2,5,7H2,(H,17,20)(H,22,23)(H3,14,15,21)/t10-/m0/s1. The van der Waals surface area contributed by atoms with Crippen molar-refractivity contribution >= 4 is 23.7 Å². The van der Waals surface area contributed by atoms with Crippen LogP contribution in [0.1, 0.15) is 18.5 Å². The van der Waals surface area contributed by atoms with E-state index in [0.29, 0.717) is 17.8 Å². The number of primary amides is 1. The third-order valence-corrected chi connectivity index (χ3v) is 2.84. The monoisotopic (exact) mass is 325 g/mol. The predicted molar refractivity (Wildman–Crippen MR) is 80.6 cm³/mol. The van der Waals surface area contributed by atoms with Crippen LogP contribution in [0.4, 0.5) is 15.3 Å². The van der Waals surface area contributed by atoms with Crippen LogP contribution in [0.3, 0.4) is 0 Å². The summed E-state index contributed by atoms with van der Waals surface area (Å²) in [5, 5.41) is 24.7. The molecule has 1 aromatic heterocycles. The van der Waals surface area contributed by atoms with E-state index >= 15 is 0 Å². The molecule has 0 aliphatic carbocycles. The first-order chi connectivity index (χ1) is 10.9. The second kappa shape index (κ2) is 9.20. The van der Waals surface area contributed by atoms with Crippen molar-refractivity contribution in [2.75, 3.05) is 11.9 Å². The number of nitrogens with zero attached hydrogens (tertiary/aromatic N) is 1. The zero-order valence-corrected chi connectivity index (χ0v) is 12.3. The number of carbonyl (C=O) groups excluding carboxylic acids is 2. The highest BCUT2D eigenvalue weighted by molar-refractivity contribution is 5.96. The van der Waals surface area contributed by atoms with E-state index < -0.39 is 24.1 Å². The fourth-order valence-corrected chi connectivity index (χ4v) is 1.76. The van der Waals surface area contributed by atoms with Gasteiger partial charge >= 0.3 is 12.1 Å². The first-order valence-corrected chi connectivity index (χ1v) is 6.81. The Kier molecular flexibility index (Phi) is 7.27. The molecule has 0 saturated carbocycles. The average Bonchev–Trinajstić information content (AvgIpc) is 2.50. The summed E-state index contributed by atoms with van der Waals surface area (Å²) in [6.07, 6.45) is 0.571. The molecule has 0 saturated heterocycles. The number of nitrogens with two attached hydrogens (primary N) is 1. The minimum absolute atomic E-state index is 0.181. The molecule has 1 aromatic rings. The van der Waals surface area contributed by atoms with Crippen molar-refractivity contribution < 1.29 is 24.6 Å². The molecular weight excluding hydrogens is 306 g/mol. The van der Waals surface area contributed by atoms with Gasteiger partial charge in [0.1, 0.15) is 6.04 Å². The van der Waals surface area contributed by atoms with Crippen LogP contribution in [0, 0.1) is 0 Å². The number of rotatable bonds is 8. The molecule has 7 N–H and O–H groups in total. The number of carbonyl (C=O) groups is 3. The molecule has 0 bridgehead atoms. The summed E-state index contributed by atoms with van der Waals surface area (Å²) in [7, 11) is 0. The second-order valence-electron chi connectivity index (χ2n) is 4.62. The molecule has 126 valence electrons. The smallest absolute Gasteiger partial charge is 0.405 e. The van der Waals surface area contributed by atoms with Crippen molar-refractivity contribution in [3.05, 3.63) is 24.0 Å². The molecule has 1 rings (SSSR count). The molecule has 0 radical (unpaired) electrons. The van der Waals surface area contributed by atoms with Crippen molar-refractivity contribution in [1.82, 2.24) is 15.6 Å². The van der Waals surface area contributed by atoms with E-state index in [9.17, 15) is 14.4 Å². The van der Waals surface area contributed by atoms with Gasteiger partial charge in [-0.2, -0.15) is 0 Å². The fourth-order valence-electron chi connectivity index (χ4n) is 1.76. The highest BCUT2D eigenvalue weighted by Crippen LogP contribution is 2.08. The average molecular weight is 325 g/mol. The second-order valence-corrected chi connectivity index (χ2v) is 4.62. The van der Waals surface area contributed by atoms with Gasteiger partial charge in [-0.1, -0.05) is 0 Å². The summed E-state index contributed by atoms with van der Waals surface area (Å²) in [5.74, 6) is -0.551. The molecule has 10 heteroatoms. The Labute approximate surface area is 132 Å². The molecule has 0 aliphatic heterocycles. The minimum atomic E-state index is -1.33. The van der Waals surface area contributed by atoms with Gasteiger partial charge in [0.2, 0.25) is 5.91 Å². The number of urea groups is 1. The minimum Gasteiger partial charge on any atom is -0.465 e. The van der Waals surface area contributed by atoms with E-state index in [1.165, 1.54) is 12.3 Å². The van der Waals surface area contributed by atoms with Gasteiger partial charge in [-0.25, -0.2) is 9.59 Å². The quantitative estimate of drug-likeness (QED) is 0.355. The summed E-state index contributed by atoms with van der Waals surface area (Å²) in [6.45, 7) is 0.0114. The van der Waals surface area contributed by atoms with Gasteiger partial charge < -0.3 is 31.9 Å². The van der Waals surface area contributed by atoms with Crippen molar-refractivity contribution in [3.63, 3.8) is 0 Å². The zero-order valence-electron chi connectivity index (χ0n) is 12.3. The maximum absolute atomic E-state index is 12.1. The van der Waals surface area contributed by atoms with Gasteiger partial charge in [0.25, 0.3) is 0 Å². The lowest BCUT2D eigenvalue weighted by atomic mass is 10.1. The number of anilines is 1. The SMILES string of the molecule is NC(=O)NCCC[C@H](NC(=O)O)C(=O)Nc1ccc(CO)nc1. The summed E-state index contributed by atoms with van der Waals surface area (Å²) in [5.41, 5.74) is 5.73.